The first-order valence-electron chi connectivity index (χ1n) is 7.97. The van der Waals surface area contributed by atoms with E-state index in [0.29, 0.717) is 11.7 Å². The van der Waals surface area contributed by atoms with Crippen LogP contribution in [0.1, 0.15) is 18.2 Å². The van der Waals surface area contributed by atoms with Crippen LogP contribution >= 0.6 is 28.1 Å². The van der Waals surface area contributed by atoms with Crippen molar-refractivity contribution < 1.29 is 0 Å². The van der Waals surface area contributed by atoms with Crippen LogP contribution in [0.15, 0.2) is 53.4 Å². The number of hydrogen-bond acceptors (Lipinski definition) is 3. The number of anilines is 1. The van der Waals surface area contributed by atoms with Gasteiger partial charge in [0.25, 0.3) is 0 Å². The summed E-state index contributed by atoms with van der Waals surface area (Å²) in [5.74, 6) is 0. The average molecular weight is 419 g/mol. The van der Waals surface area contributed by atoms with Gasteiger partial charge in [-0.3, -0.25) is 9.36 Å². The van der Waals surface area contributed by atoms with E-state index in [1.54, 1.807) is 6.20 Å². The van der Waals surface area contributed by atoms with Crippen molar-refractivity contribution in [2.45, 2.75) is 26.6 Å². The zero-order valence-electron chi connectivity index (χ0n) is 13.8. The zero-order chi connectivity index (χ0) is 17.6. The number of nitrogens with zero attached hydrogens (tertiary/aromatic N) is 4. The predicted octanol–water partition coefficient (Wildman–Crippen LogP) is 3.40. The van der Waals surface area contributed by atoms with Crippen LogP contribution in [0, 0.1) is 0 Å². The molecule has 0 saturated carbocycles. The van der Waals surface area contributed by atoms with Crippen LogP contribution in [0.2, 0.25) is 0 Å². The summed E-state index contributed by atoms with van der Waals surface area (Å²) in [5.41, 5.74) is 2.98. The van der Waals surface area contributed by atoms with Gasteiger partial charge in [-0.2, -0.15) is 10.2 Å². The highest BCUT2D eigenvalue weighted by molar-refractivity contribution is 9.10. The third kappa shape index (κ3) is 4.90. The Kier molecular flexibility index (Phi) is 5.83. The number of hydrogen-bond donors (Lipinski definition) is 2. The van der Waals surface area contributed by atoms with Gasteiger partial charge in [-0.25, -0.2) is 0 Å². The highest BCUT2D eigenvalue weighted by Crippen LogP contribution is 2.14. The van der Waals surface area contributed by atoms with Crippen molar-refractivity contribution in [3.05, 3.63) is 64.7 Å². The third-order valence-corrected chi connectivity index (χ3v) is 4.51. The van der Waals surface area contributed by atoms with Gasteiger partial charge < -0.3 is 10.6 Å². The van der Waals surface area contributed by atoms with Crippen LogP contribution in [-0.2, 0) is 19.6 Å². The topological polar surface area (TPSA) is 59.7 Å². The fourth-order valence-corrected chi connectivity index (χ4v) is 2.99. The summed E-state index contributed by atoms with van der Waals surface area (Å²) in [6.45, 7) is 4.17. The van der Waals surface area contributed by atoms with E-state index in [4.69, 9.17) is 12.2 Å². The molecule has 0 spiro atoms. The molecular weight excluding hydrogens is 400 g/mol. The van der Waals surface area contributed by atoms with E-state index in [2.05, 4.69) is 55.8 Å². The largest absolute Gasteiger partial charge is 0.357 e. The Morgan fingerprint density at radius 2 is 2.00 bits per heavy atom. The molecule has 130 valence electrons. The van der Waals surface area contributed by atoms with E-state index in [1.165, 1.54) is 5.56 Å². The Morgan fingerprint density at radius 3 is 2.72 bits per heavy atom. The van der Waals surface area contributed by atoms with Gasteiger partial charge in [0.2, 0.25) is 0 Å². The molecule has 6 nitrogen and oxygen atoms in total. The second-order valence-electron chi connectivity index (χ2n) is 5.50. The summed E-state index contributed by atoms with van der Waals surface area (Å²) in [7, 11) is 0. The molecule has 0 amide bonds. The summed E-state index contributed by atoms with van der Waals surface area (Å²) >= 11 is 8.85. The number of thiocarbonyl (C=S) groups is 1. The molecule has 0 atom stereocenters. The van der Waals surface area contributed by atoms with Gasteiger partial charge in [0.15, 0.2) is 5.11 Å². The molecule has 2 N–H and O–H groups in total. The number of halogens is 1. The minimum Gasteiger partial charge on any atom is -0.357 e. The maximum atomic E-state index is 5.34. The molecule has 0 radical (unpaired) electrons. The molecule has 0 fully saturated rings. The quantitative estimate of drug-likeness (QED) is 0.600. The summed E-state index contributed by atoms with van der Waals surface area (Å²) in [5, 5.41) is 15.7. The maximum Gasteiger partial charge on any atom is 0.171 e. The van der Waals surface area contributed by atoms with Crippen molar-refractivity contribution >= 4 is 38.9 Å². The zero-order valence-corrected chi connectivity index (χ0v) is 16.2. The Hall–Kier alpha value is -2.19. The summed E-state index contributed by atoms with van der Waals surface area (Å²) in [4.78, 5) is 0. The normalized spacial score (nSPS) is 10.6. The van der Waals surface area contributed by atoms with Gasteiger partial charge >= 0.3 is 0 Å². The molecule has 2 aromatic heterocycles. The lowest BCUT2D eigenvalue weighted by molar-refractivity contribution is 0.643. The molecule has 25 heavy (non-hydrogen) atoms. The van der Waals surface area contributed by atoms with Gasteiger partial charge in [-0.05, 0) is 40.6 Å². The number of nitrogens with one attached hydrogen (secondary N) is 2. The lowest BCUT2D eigenvalue weighted by Gasteiger charge is -2.07. The average Bonchev–Trinajstić information content (AvgIpc) is 3.20. The minimum absolute atomic E-state index is 0.539. The minimum atomic E-state index is 0.539. The number of benzene rings is 1. The standard InChI is InChI=1S/C17H19BrN6S/c1-2-23-12-15(18)16(22-23)9-19-17(25)21-14-8-20-24(11-14)10-13-6-4-3-5-7-13/h3-8,11-12H,2,9-10H2,1H3,(H2,19,21,25). The monoisotopic (exact) mass is 418 g/mol. The Morgan fingerprint density at radius 1 is 1.20 bits per heavy atom. The van der Waals surface area contributed by atoms with E-state index in [1.807, 2.05) is 40.0 Å². The van der Waals surface area contributed by atoms with Gasteiger partial charge in [0, 0.05) is 18.9 Å². The smallest absolute Gasteiger partial charge is 0.171 e. The molecule has 1 aromatic carbocycles. The van der Waals surface area contributed by atoms with Crippen molar-refractivity contribution in [2.75, 3.05) is 5.32 Å². The van der Waals surface area contributed by atoms with Gasteiger partial charge in [0.1, 0.15) is 0 Å². The highest BCUT2D eigenvalue weighted by atomic mass is 79.9. The molecule has 3 aromatic rings. The number of aromatic nitrogens is 4. The first-order chi connectivity index (χ1) is 12.1. The van der Waals surface area contributed by atoms with Crippen LogP contribution in [0.3, 0.4) is 0 Å². The molecule has 0 unspecified atom stereocenters. The second kappa shape index (κ2) is 8.26. The fraction of sp³-hybridized carbons (Fsp3) is 0.235. The highest BCUT2D eigenvalue weighted by Gasteiger charge is 2.07. The predicted molar refractivity (Wildman–Crippen MR) is 106 cm³/mol. The van der Waals surface area contributed by atoms with E-state index < -0.39 is 0 Å². The Bertz CT molecular complexity index is 842. The molecule has 0 aliphatic rings. The SMILES string of the molecule is CCn1cc(Br)c(CNC(=S)Nc2cnn(Cc3ccccc3)c2)n1. The summed E-state index contributed by atoms with van der Waals surface area (Å²) < 4.78 is 4.73. The summed E-state index contributed by atoms with van der Waals surface area (Å²) in [6.07, 6.45) is 5.66. The van der Waals surface area contributed by atoms with Crippen LogP contribution < -0.4 is 10.6 Å². The van der Waals surface area contributed by atoms with E-state index in [9.17, 15) is 0 Å². The molecule has 3 rings (SSSR count). The van der Waals surface area contributed by atoms with Crippen LogP contribution in [0.25, 0.3) is 0 Å². The van der Waals surface area contributed by atoms with Gasteiger partial charge in [-0.1, -0.05) is 30.3 Å². The van der Waals surface area contributed by atoms with Crippen molar-refractivity contribution in [3.63, 3.8) is 0 Å². The lowest BCUT2D eigenvalue weighted by atomic mass is 10.2. The van der Waals surface area contributed by atoms with Crippen molar-refractivity contribution in [2.24, 2.45) is 0 Å². The van der Waals surface area contributed by atoms with Crippen LogP contribution in [-0.4, -0.2) is 24.7 Å². The fourth-order valence-electron chi connectivity index (χ4n) is 2.34. The van der Waals surface area contributed by atoms with Gasteiger partial charge in [0.05, 0.1) is 35.1 Å². The molecule has 8 heteroatoms. The third-order valence-electron chi connectivity index (χ3n) is 3.61. The summed E-state index contributed by atoms with van der Waals surface area (Å²) in [6, 6.07) is 10.2. The lowest BCUT2D eigenvalue weighted by Crippen LogP contribution is -2.28. The first-order valence-corrected chi connectivity index (χ1v) is 9.17. The van der Waals surface area contributed by atoms with Crippen molar-refractivity contribution in [1.82, 2.24) is 24.9 Å². The molecular formula is C17H19BrN6S. The van der Waals surface area contributed by atoms with Crippen LogP contribution in [0.4, 0.5) is 5.69 Å². The second-order valence-corrected chi connectivity index (χ2v) is 6.76. The van der Waals surface area contributed by atoms with Crippen LogP contribution in [0.5, 0.6) is 0 Å². The Balaban J connectivity index is 1.52. The van der Waals surface area contributed by atoms with E-state index in [-0.39, 0.29) is 0 Å². The van der Waals surface area contributed by atoms with Gasteiger partial charge in [-0.15, -0.1) is 0 Å². The molecule has 0 bridgehead atoms. The number of rotatable bonds is 6. The molecule has 0 aliphatic carbocycles. The molecule has 2 heterocycles. The van der Waals surface area contributed by atoms with E-state index in [0.717, 1.165) is 28.9 Å². The van der Waals surface area contributed by atoms with E-state index >= 15 is 0 Å². The van der Waals surface area contributed by atoms with Crippen molar-refractivity contribution in [1.29, 1.82) is 0 Å². The first kappa shape index (κ1) is 17.6. The van der Waals surface area contributed by atoms with Crippen molar-refractivity contribution in [3.8, 4) is 0 Å². The Labute approximate surface area is 160 Å². The maximum absolute atomic E-state index is 5.34. The molecule has 0 aliphatic heterocycles. The number of aryl methyl sites for hydroxylation is 1. The molecule has 0 saturated heterocycles.